The summed E-state index contributed by atoms with van der Waals surface area (Å²) in [5.41, 5.74) is 0.269. The third-order valence-corrected chi connectivity index (χ3v) is 4.21. The van der Waals surface area contributed by atoms with Crippen molar-refractivity contribution in [3.63, 3.8) is 0 Å². The first kappa shape index (κ1) is 18.5. The Bertz CT molecular complexity index is 604. The number of carbonyl (C=O) groups excluding carboxylic acids is 1. The second-order valence-corrected chi connectivity index (χ2v) is 5.95. The van der Waals surface area contributed by atoms with Gasteiger partial charge < -0.3 is 19.6 Å². The summed E-state index contributed by atoms with van der Waals surface area (Å²) in [6.45, 7) is 1.36. The van der Waals surface area contributed by atoms with Crippen LogP contribution >= 0.6 is 12.4 Å². The zero-order valence-electron chi connectivity index (χ0n) is 13.6. The van der Waals surface area contributed by atoms with Gasteiger partial charge in [-0.25, -0.2) is 0 Å². The minimum Gasteiger partial charge on any atom is -0.461 e. The molecule has 3 rings (SSSR count). The average molecular weight is 354 g/mol. The molecular formula is C17H24ClN3O3. The van der Waals surface area contributed by atoms with Crippen LogP contribution in [0.25, 0.3) is 11.5 Å². The van der Waals surface area contributed by atoms with Crippen molar-refractivity contribution in [3.05, 3.63) is 30.2 Å². The summed E-state index contributed by atoms with van der Waals surface area (Å²) in [5.74, 6) is 0.789. The number of rotatable bonds is 6. The molecular weight excluding hydrogens is 330 g/mol. The summed E-state index contributed by atoms with van der Waals surface area (Å²) < 4.78 is 10.3. The molecule has 0 atom stereocenters. The molecule has 0 radical (unpaired) electrons. The molecule has 7 heteroatoms. The lowest BCUT2D eigenvalue weighted by atomic mass is 10.1. The lowest BCUT2D eigenvalue weighted by molar-refractivity contribution is 0.0944. The van der Waals surface area contributed by atoms with Gasteiger partial charge in [-0.1, -0.05) is 30.8 Å². The van der Waals surface area contributed by atoms with E-state index in [4.69, 9.17) is 8.94 Å². The Labute approximate surface area is 147 Å². The predicted molar refractivity (Wildman–Crippen MR) is 93.3 cm³/mol. The zero-order chi connectivity index (χ0) is 15.9. The van der Waals surface area contributed by atoms with Crippen LogP contribution in [0.3, 0.4) is 0 Å². The molecule has 0 saturated heterocycles. The lowest BCUT2D eigenvalue weighted by Crippen LogP contribution is -2.36. The van der Waals surface area contributed by atoms with Crippen LogP contribution in [0.5, 0.6) is 0 Å². The molecule has 24 heavy (non-hydrogen) atoms. The average Bonchev–Trinajstić information content (AvgIpc) is 3.19. The van der Waals surface area contributed by atoms with Crippen LogP contribution in [-0.4, -0.2) is 30.2 Å². The molecule has 2 aromatic heterocycles. The Hall–Kier alpha value is -1.79. The van der Waals surface area contributed by atoms with E-state index in [1.54, 1.807) is 24.5 Å². The Morgan fingerprint density at radius 1 is 1.17 bits per heavy atom. The maximum absolute atomic E-state index is 12.0. The van der Waals surface area contributed by atoms with E-state index in [1.165, 1.54) is 38.5 Å². The van der Waals surface area contributed by atoms with Gasteiger partial charge in [-0.2, -0.15) is 0 Å². The normalized spacial score (nSPS) is 15.5. The molecule has 0 aliphatic heterocycles. The van der Waals surface area contributed by atoms with Gasteiger partial charge in [0.25, 0.3) is 5.91 Å². The van der Waals surface area contributed by atoms with Crippen LogP contribution in [-0.2, 0) is 0 Å². The smallest absolute Gasteiger partial charge is 0.273 e. The Balaban J connectivity index is 0.00000208. The first-order valence-corrected chi connectivity index (χ1v) is 8.35. The highest BCUT2D eigenvalue weighted by Gasteiger charge is 2.15. The van der Waals surface area contributed by atoms with E-state index in [0.717, 1.165) is 6.54 Å². The van der Waals surface area contributed by atoms with Crippen LogP contribution in [0.15, 0.2) is 33.4 Å². The fourth-order valence-electron chi connectivity index (χ4n) is 2.94. The number of furan rings is 1. The van der Waals surface area contributed by atoms with Crippen molar-refractivity contribution in [1.29, 1.82) is 0 Å². The summed E-state index contributed by atoms with van der Waals surface area (Å²) in [4.78, 5) is 12.0. The van der Waals surface area contributed by atoms with Gasteiger partial charge in [-0.05, 0) is 25.0 Å². The number of aromatic nitrogens is 1. The maximum Gasteiger partial charge on any atom is 0.273 e. The molecule has 6 nitrogen and oxygen atoms in total. The molecule has 2 N–H and O–H groups in total. The quantitative estimate of drug-likeness (QED) is 0.614. The molecule has 0 unspecified atom stereocenters. The van der Waals surface area contributed by atoms with Crippen molar-refractivity contribution in [2.45, 2.75) is 44.6 Å². The Morgan fingerprint density at radius 3 is 2.67 bits per heavy atom. The van der Waals surface area contributed by atoms with Crippen LogP contribution in [0, 0.1) is 0 Å². The number of amides is 1. The van der Waals surface area contributed by atoms with Gasteiger partial charge in [0.1, 0.15) is 0 Å². The molecule has 1 saturated carbocycles. The molecule has 0 spiro atoms. The molecule has 0 bridgehead atoms. The minimum absolute atomic E-state index is 0. The Morgan fingerprint density at radius 2 is 1.96 bits per heavy atom. The summed E-state index contributed by atoms with van der Waals surface area (Å²) in [6, 6.07) is 5.70. The molecule has 2 aromatic rings. The van der Waals surface area contributed by atoms with Gasteiger partial charge in [0.05, 0.1) is 6.26 Å². The van der Waals surface area contributed by atoms with E-state index in [9.17, 15) is 4.79 Å². The zero-order valence-corrected chi connectivity index (χ0v) is 14.4. The number of nitrogens with zero attached hydrogens (tertiary/aromatic N) is 1. The van der Waals surface area contributed by atoms with Crippen molar-refractivity contribution in [2.24, 2.45) is 0 Å². The fourth-order valence-corrected chi connectivity index (χ4v) is 2.94. The largest absolute Gasteiger partial charge is 0.461 e. The van der Waals surface area contributed by atoms with Gasteiger partial charge in [0, 0.05) is 25.2 Å². The van der Waals surface area contributed by atoms with Gasteiger partial charge in [0.15, 0.2) is 11.5 Å². The third-order valence-electron chi connectivity index (χ3n) is 4.21. The Kier molecular flexibility index (Phi) is 7.34. The van der Waals surface area contributed by atoms with E-state index >= 15 is 0 Å². The van der Waals surface area contributed by atoms with E-state index in [1.807, 2.05) is 0 Å². The predicted octanol–water partition coefficient (Wildman–Crippen LogP) is 3.40. The van der Waals surface area contributed by atoms with E-state index in [2.05, 4.69) is 15.8 Å². The van der Waals surface area contributed by atoms with Crippen molar-refractivity contribution in [3.8, 4) is 11.5 Å². The SMILES string of the molecule is Cl.O=C(NCCNC1CCCCCC1)c1cc(-c2ccco2)on1. The lowest BCUT2D eigenvalue weighted by Gasteiger charge is -2.16. The highest BCUT2D eigenvalue weighted by Crippen LogP contribution is 2.20. The highest BCUT2D eigenvalue weighted by atomic mass is 35.5. The maximum atomic E-state index is 12.0. The van der Waals surface area contributed by atoms with Crippen LogP contribution in [0.4, 0.5) is 0 Å². The van der Waals surface area contributed by atoms with Crippen molar-refractivity contribution < 1.29 is 13.7 Å². The number of hydrogen-bond acceptors (Lipinski definition) is 5. The number of halogens is 1. The molecule has 0 aromatic carbocycles. The first-order valence-electron chi connectivity index (χ1n) is 8.35. The van der Waals surface area contributed by atoms with Crippen molar-refractivity contribution in [1.82, 2.24) is 15.8 Å². The summed E-state index contributed by atoms with van der Waals surface area (Å²) in [7, 11) is 0. The van der Waals surface area contributed by atoms with Gasteiger partial charge in [-0.3, -0.25) is 4.79 Å². The van der Waals surface area contributed by atoms with Crippen LogP contribution < -0.4 is 10.6 Å². The van der Waals surface area contributed by atoms with Crippen molar-refractivity contribution >= 4 is 18.3 Å². The van der Waals surface area contributed by atoms with Gasteiger partial charge in [-0.15, -0.1) is 12.4 Å². The molecule has 132 valence electrons. The molecule has 1 aliphatic carbocycles. The third kappa shape index (κ3) is 5.11. The monoisotopic (exact) mass is 353 g/mol. The number of nitrogens with one attached hydrogen (secondary N) is 2. The second kappa shape index (κ2) is 9.49. The highest BCUT2D eigenvalue weighted by molar-refractivity contribution is 5.92. The van der Waals surface area contributed by atoms with Crippen molar-refractivity contribution in [2.75, 3.05) is 13.1 Å². The minimum atomic E-state index is -0.228. The molecule has 1 aliphatic rings. The second-order valence-electron chi connectivity index (χ2n) is 5.95. The van der Waals surface area contributed by atoms with Gasteiger partial charge >= 0.3 is 0 Å². The molecule has 1 fully saturated rings. The summed E-state index contributed by atoms with van der Waals surface area (Å²) >= 11 is 0. The first-order chi connectivity index (χ1) is 11.3. The number of carbonyl (C=O) groups is 1. The summed E-state index contributed by atoms with van der Waals surface area (Å²) in [5, 5.41) is 10.2. The molecule has 2 heterocycles. The standard InChI is InChI=1S/C17H23N3O3.ClH/c21-17(14-12-16(23-20-14)15-8-5-11-22-15)19-10-9-18-13-6-3-1-2-4-7-13;/h5,8,11-13,18H,1-4,6-7,9-10H2,(H,19,21);1H. The van der Waals surface area contributed by atoms with Crippen LogP contribution in [0.1, 0.15) is 49.0 Å². The fraction of sp³-hybridized carbons (Fsp3) is 0.529. The summed E-state index contributed by atoms with van der Waals surface area (Å²) in [6.07, 6.45) is 9.33. The van der Waals surface area contributed by atoms with E-state index < -0.39 is 0 Å². The van der Waals surface area contributed by atoms with Crippen LogP contribution in [0.2, 0.25) is 0 Å². The molecule has 1 amide bonds. The van der Waals surface area contributed by atoms with Gasteiger partial charge in [0.2, 0.25) is 5.76 Å². The van der Waals surface area contributed by atoms with E-state index in [0.29, 0.717) is 24.1 Å². The topological polar surface area (TPSA) is 80.3 Å². The number of hydrogen-bond donors (Lipinski definition) is 2. The van der Waals surface area contributed by atoms with E-state index in [-0.39, 0.29) is 24.0 Å².